The fraction of sp³-hybridized carbons (Fsp3) is 0.611. The number of nitrogens with one attached hydrogen (secondary N) is 1. The zero-order valence-electron chi connectivity index (χ0n) is 15.1. The van der Waals surface area contributed by atoms with Crippen LogP contribution in [0.25, 0.3) is 0 Å². The van der Waals surface area contributed by atoms with Gasteiger partial charge in [0, 0.05) is 0 Å². The molecule has 0 aromatic heterocycles. The molecule has 2 unspecified atom stereocenters. The Kier molecular flexibility index (Phi) is 6.59. The minimum atomic E-state index is -0.827. The molecule has 0 spiro atoms. The van der Waals surface area contributed by atoms with Crippen molar-refractivity contribution < 1.29 is 14.6 Å². The maximum Gasteiger partial charge on any atom is 0.407 e. The van der Waals surface area contributed by atoms with Crippen molar-refractivity contribution >= 4 is 6.09 Å². The minimum absolute atomic E-state index is 0.363. The first kappa shape index (κ1) is 19.5. The summed E-state index contributed by atoms with van der Waals surface area (Å²) >= 11 is 0. The predicted molar refractivity (Wildman–Crippen MR) is 92.4 cm³/mol. The zero-order chi connectivity index (χ0) is 17.8. The topological polar surface area (TPSA) is 84.6 Å². The van der Waals surface area contributed by atoms with Crippen molar-refractivity contribution in [2.75, 3.05) is 6.54 Å². The van der Waals surface area contributed by atoms with Crippen molar-refractivity contribution in [2.45, 2.75) is 65.7 Å². The molecule has 0 aliphatic heterocycles. The Morgan fingerprint density at radius 3 is 2.22 bits per heavy atom. The molecular formula is C18H30N2O3. The van der Waals surface area contributed by atoms with Crippen LogP contribution in [-0.4, -0.2) is 29.4 Å². The van der Waals surface area contributed by atoms with Gasteiger partial charge in [-0.15, -0.1) is 0 Å². The number of aryl methyl sites for hydroxylation is 3. The highest BCUT2D eigenvalue weighted by molar-refractivity contribution is 5.68. The van der Waals surface area contributed by atoms with Crippen molar-refractivity contribution in [1.82, 2.24) is 5.32 Å². The molecule has 130 valence electrons. The lowest BCUT2D eigenvalue weighted by Crippen LogP contribution is -2.43. The highest BCUT2D eigenvalue weighted by Gasteiger charge is 2.27. The van der Waals surface area contributed by atoms with E-state index in [4.69, 9.17) is 10.5 Å². The SMILES string of the molecule is Cc1cc(C)c(C(O)C(CCN)NC(=O)OC(C)(C)C)c(C)c1. The number of benzene rings is 1. The van der Waals surface area contributed by atoms with Crippen molar-refractivity contribution in [3.8, 4) is 0 Å². The Bertz CT molecular complexity index is 527. The van der Waals surface area contributed by atoms with E-state index in [0.717, 1.165) is 22.3 Å². The number of nitrogens with two attached hydrogens (primary N) is 1. The lowest BCUT2D eigenvalue weighted by Gasteiger charge is -2.28. The van der Waals surface area contributed by atoms with Crippen molar-refractivity contribution in [3.63, 3.8) is 0 Å². The van der Waals surface area contributed by atoms with Crippen LogP contribution >= 0.6 is 0 Å². The molecule has 5 nitrogen and oxygen atoms in total. The molecule has 0 aliphatic rings. The van der Waals surface area contributed by atoms with Crippen LogP contribution in [0.15, 0.2) is 12.1 Å². The molecule has 5 heteroatoms. The van der Waals surface area contributed by atoms with E-state index in [1.807, 2.05) is 32.9 Å². The van der Waals surface area contributed by atoms with E-state index in [2.05, 4.69) is 5.32 Å². The molecule has 0 saturated heterocycles. The highest BCUT2D eigenvalue weighted by atomic mass is 16.6. The van der Waals surface area contributed by atoms with Gasteiger partial charge in [-0.1, -0.05) is 17.7 Å². The maximum atomic E-state index is 12.0. The van der Waals surface area contributed by atoms with E-state index >= 15 is 0 Å². The van der Waals surface area contributed by atoms with Crippen LogP contribution in [-0.2, 0) is 4.74 Å². The summed E-state index contributed by atoms with van der Waals surface area (Å²) in [5.74, 6) is 0. The fourth-order valence-electron chi connectivity index (χ4n) is 2.81. The summed E-state index contributed by atoms with van der Waals surface area (Å²) in [7, 11) is 0. The summed E-state index contributed by atoms with van der Waals surface area (Å²) in [6.07, 6.45) is -0.906. The molecule has 0 saturated carbocycles. The summed E-state index contributed by atoms with van der Waals surface area (Å²) in [6.45, 7) is 11.7. The van der Waals surface area contributed by atoms with Crippen LogP contribution in [0.2, 0.25) is 0 Å². The number of hydrogen-bond donors (Lipinski definition) is 3. The van der Waals surface area contributed by atoms with Crippen molar-refractivity contribution in [1.29, 1.82) is 0 Å². The van der Waals surface area contributed by atoms with Gasteiger partial charge in [-0.05, 0) is 71.2 Å². The second-order valence-corrected chi connectivity index (χ2v) is 7.09. The van der Waals surface area contributed by atoms with Crippen LogP contribution in [0.4, 0.5) is 4.79 Å². The Balaban J connectivity index is 2.99. The molecule has 23 heavy (non-hydrogen) atoms. The number of amides is 1. The standard InChI is InChI=1S/C18H30N2O3/c1-11-9-12(2)15(13(3)10-11)16(21)14(7-8-19)20-17(22)23-18(4,5)6/h9-10,14,16,21H,7-8,19H2,1-6H3,(H,20,22). The first-order valence-corrected chi connectivity index (χ1v) is 8.00. The quantitative estimate of drug-likeness (QED) is 0.778. The number of hydrogen-bond acceptors (Lipinski definition) is 4. The smallest absolute Gasteiger partial charge is 0.407 e. The van der Waals surface area contributed by atoms with Crippen LogP contribution < -0.4 is 11.1 Å². The number of alkyl carbamates (subject to hydrolysis) is 1. The summed E-state index contributed by atoms with van der Waals surface area (Å²) < 4.78 is 5.28. The molecule has 1 aromatic rings. The van der Waals surface area contributed by atoms with Gasteiger partial charge in [0.05, 0.1) is 12.1 Å². The predicted octanol–water partition coefficient (Wildman–Crippen LogP) is 2.89. The Morgan fingerprint density at radius 2 is 1.78 bits per heavy atom. The van der Waals surface area contributed by atoms with E-state index in [-0.39, 0.29) is 0 Å². The van der Waals surface area contributed by atoms with Crippen LogP contribution in [0.1, 0.15) is 55.5 Å². The molecule has 1 rings (SSSR count). The molecule has 0 heterocycles. The first-order valence-electron chi connectivity index (χ1n) is 8.00. The van der Waals surface area contributed by atoms with Gasteiger partial charge in [0.2, 0.25) is 0 Å². The Labute approximate surface area is 139 Å². The number of ether oxygens (including phenoxy) is 1. The largest absolute Gasteiger partial charge is 0.444 e. The molecule has 0 radical (unpaired) electrons. The van der Waals surface area contributed by atoms with Gasteiger partial charge in [0.1, 0.15) is 5.60 Å². The third-order valence-electron chi connectivity index (χ3n) is 3.59. The zero-order valence-corrected chi connectivity index (χ0v) is 15.1. The molecule has 0 aliphatic carbocycles. The highest BCUT2D eigenvalue weighted by Crippen LogP contribution is 2.27. The molecule has 1 aromatic carbocycles. The van der Waals surface area contributed by atoms with E-state index in [1.165, 1.54) is 0 Å². The van der Waals surface area contributed by atoms with Gasteiger partial charge < -0.3 is 20.9 Å². The van der Waals surface area contributed by atoms with Gasteiger partial charge in [-0.25, -0.2) is 4.79 Å². The van der Waals surface area contributed by atoms with Crippen molar-refractivity contribution in [2.24, 2.45) is 5.73 Å². The average Bonchev–Trinajstić information content (AvgIpc) is 2.34. The van der Waals surface area contributed by atoms with Gasteiger partial charge in [-0.3, -0.25) is 0 Å². The monoisotopic (exact) mass is 322 g/mol. The Hall–Kier alpha value is -1.59. The number of carbonyl (C=O) groups is 1. The Morgan fingerprint density at radius 1 is 1.26 bits per heavy atom. The van der Waals surface area contributed by atoms with Gasteiger partial charge in [0.25, 0.3) is 0 Å². The van der Waals surface area contributed by atoms with Crippen LogP contribution in [0.5, 0.6) is 0 Å². The van der Waals surface area contributed by atoms with E-state index in [9.17, 15) is 9.90 Å². The number of carbonyl (C=O) groups excluding carboxylic acids is 1. The second kappa shape index (κ2) is 7.79. The summed E-state index contributed by atoms with van der Waals surface area (Å²) in [6, 6.07) is 3.56. The lowest BCUT2D eigenvalue weighted by atomic mass is 9.91. The number of rotatable bonds is 5. The molecule has 1 amide bonds. The summed E-state index contributed by atoms with van der Waals surface area (Å²) in [5.41, 5.74) is 9.05. The van der Waals surface area contributed by atoms with Crippen LogP contribution in [0.3, 0.4) is 0 Å². The number of aliphatic hydroxyl groups excluding tert-OH is 1. The molecule has 0 fully saturated rings. The molecular weight excluding hydrogens is 292 g/mol. The third-order valence-corrected chi connectivity index (χ3v) is 3.59. The normalized spacial score (nSPS) is 14.3. The number of aliphatic hydroxyl groups is 1. The first-order chi connectivity index (χ1) is 10.5. The molecule has 0 bridgehead atoms. The fourth-order valence-corrected chi connectivity index (χ4v) is 2.81. The minimum Gasteiger partial charge on any atom is -0.444 e. The molecule has 2 atom stereocenters. The van der Waals surface area contributed by atoms with E-state index in [1.54, 1.807) is 20.8 Å². The van der Waals surface area contributed by atoms with E-state index in [0.29, 0.717) is 13.0 Å². The van der Waals surface area contributed by atoms with Gasteiger partial charge >= 0.3 is 6.09 Å². The van der Waals surface area contributed by atoms with Crippen molar-refractivity contribution in [3.05, 3.63) is 34.4 Å². The third kappa shape index (κ3) is 5.84. The van der Waals surface area contributed by atoms with Gasteiger partial charge in [0.15, 0.2) is 0 Å². The molecule has 4 N–H and O–H groups in total. The van der Waals surface area contributed by atoms with E-state index < -0.39 is 23.8 Å². The second-order valence-electron chi connectivity index (χ2n) is 7.09. The lowest BCUT2D eigenvalue weighted by molar-refractivity contribution is 0.0414. The van der Waals surface area contributed by atoms with Crippen LogP contribution in [0, 0.1) is 20.8 Å². The summed E-state index contributed by atoms with van der Waals surface area (Å²) in [4.78, 5) is 12.0. The summed E-state index contributed by atoms with van der Waals surface area (Å²) in [5, 5.41) is 13.5. The maximum absolute atomic E-state index is 12.0. The average molecular weight is 322 g/mol. The van der Waals surface area contributed by atoms with Gasteiger partial charge in [-0.2, -0.15) is 0 Å².